The summed E-state index contributed by atoms with van der Waals surface area (Å²) in [5.74, 6) is -1.15. The van der Waals surface area contributed by atoms with Crippen molar-refractivity contribution in [2.45, 2.75) is 19.4 Å². The number of nitrogens with zero attached hydrogens (tertiary/aromatic N) is 1. The van der Waals surface area contributed by atoms with Crippen LogP contribution in [0.2, 0.25) is 0 Å². The molecule has 37 heavy (non-hydrogen) atoms. The van der Waals surface area contributed by atoms with Crippen LogP contribution in [0, 0.1) is 0 Å². The Labute approximate surface area is 216 Å². The lowest BCUT2D eigenvalue weighted by Gasteiger charge is -2.28. The molecule has 4 aromatic rings. The third kappa shape index (κ3) is 6.41. The maximum atomic E-state index is 13.3. The molecule has 0 aliphatic rings. The van der Waals surface area contributed by atoms with Gasteiger partial charge < -0.3 is 10.6 Å². The average Bonchev–Trinajstić information content (AvgIpc) is 2.96. The molecule has 3 N–H and O–H groups in total. The molecule has 0 heterocycles. The molecule has 0 saturated heterocycles. The molecule has 0 saturated carbocycles. The summed E-state index contributed by atoms with van der Waals surface area (Å²) in [6, 6.07) is 33.6. The summed E-state index contributed by atoms with van der Waals surface area (Å²) < 4.78 is 0. The third-order valence-electron chi connectivity index (χ3n) is 5.74. The first-order valence-corrected chi connectivity index (χ1v) is 12.0. The number of hydrazine groups is 1. The van der Waals surface area contributed by atoms with E-state index in [1.54, 1.807) is 53.5 Å². The van der Waals surface area contributed by atoms with Gasteiger partial charge in [-0.2, -0.15) is 0 Å². The van der Waals surface area contributed by atoms with Gasteiger partial charge in [-0.05, 0) is 55.0 Å². The van der Waals surface area contributed by atoms with Crippen LogP contribution in [0.4, 0.5) is 17.1 Å². The molecule has 0 fully saturated rings. The van der Waals surface area contributed by atoms with E-state index in [2.05, 4.69) is 16.1 Å². The molecular weight excluding hydrogens is 464 g/mol. The van der Waals surface area contributed by atoms with Gasteiger partial charge in [0.1, 0.15) is 6.04 Å². The van der Waals surface area contributed by atoms with E-state index in [-0.39, 0.29) is 17.4 Å². The van der Waals surface area contributed by atoms with Crippen molar-refractivity contribution in [1.82, 2.24) is 10.7 Å². The Morgan fingerprint density at radius 1 is 0.676 bits per heavy atom. The van der Waals surface area contributed by atoms with Gasteiger partial charge in [-0.1, -0.05) is 73.7 Å². The second-order valence-electron chi connectivity index (χ2n) is 8.28. The first kappa shape index (κ1) is 25.2. The number of carbonyl (C=O) groups is 3. The van der Waals surface area contributed by atoms with Crippen LogP contribution in [0.3, 0.4) is 0 Å². The van der Waals surface area contributed by atoms with Crippen molar-refractivity contribution in [3.8, 4) is 0 Å². The average molecular weight is 493 g/mol. The molecule has 7 heteroatoms. The molecule has 0 radical (unpaired) electrons. The van der Waals surface area contributed by atoms with Gasteiger partial charge in [-0.3, -0.25) is 24.8 Å². The summed E-state index contributed by atoms with van der Waals surface area (Å²) in [7, 11) is 0. The summed E-state index contributed by atoms with van der Waals surface area (Å²) in [5.41, 5.74) is 5.59. The van der Waals surface area contributed by atoms with Crippen LogP contribution in [-0.2, 0) is 4.79 Å². The SMILES string of the molecule is CC[C@@H](NC(=O)c1ccccc1NC(=O)c1ccccc1)C(=O)NN(c1ccccc1)c1ccccc1. The van der Waals surface area contributed by atoms with Crippen molar-refractivity contribution >= 4 is 34.8 Å². The highest BCUT2D eigenvalue weighted by molar-refractivity contribution is 6.09. The Bertz CT molecular complexity index is 1310. The quantitative estimate of drug-likeness (QED) is 0.276. The predicted octanol–water partition coefficient (Wildman–Crippen LogP) is 5.32. The van der Waals surface area contributed by atoms with Crippen molar-refractivity contribution in [2.24, 2.45) is 0 Å². The first-order chi connectivity index (χ1) is 18.1. The fourth-order valence-corrected chi connectivity index (χ4v) is 3.78. The van der Waals surface area contributed by atoms with Crippen LogP contribution in [0.25, 0.3) is 0 Å². The van der Waals surface area contributed by atoms with E-state index in [0.29, 0.717) is 17.7 Å². The number of nitrogens with one attached hydrogen (secondary N) is 3. The summed E-state index contributed by atoms with van der Waals surface area (Å²) in [6.45, 7) is 1.82. The van der Waals surface area contributed by atoms with E-state index in [1.165, 1.54) is 0 Å². The molecule has 1 atom stereocenters. The number of amides is 3. The zero-order valence-corrected chi connectivity index (χ0v) is 20.4. The van der Waals surface area contributed by atoms with Gasteiger partial charge in [0, 0.05) is 5.56 Å². The molecule has 7 nitrogen and oxygen atoms in total. The topological polar surface area (TPSA) is 90.5 Å². The summed E-state index contributed by atoms with van der Waals surface area (Å²) >= 11 is 0. The van der Waals surface area contributed by atoms with Crippen LogP contribution in [-0.4, -0.2) is 23.8 Å². The number of anilines is 3. The molecule has 3 amide bonds. The largest absolute Gasteiger partial charge is 0.340 e. The van der Waals surface area contributed by atoms with Gasteiger partial charge in [-0.25, -0.2) is 0 Å². The molecule has 0 aromatic heterocycles. The Balaban J connectivity index is 1.50. The molecule has 0 spiro atoms. The zero-order valence-electron chi connectivity index (χ0n) is 20.4. The molecule has 0 aliphatic heterocycles. The summed E-state index contributed by atoms with van der Waals surface area (Å²) in [4.78, 5) is 39.2. The summed E-state index contributed by atoms with van der Waals surface area (Å²) in [6.07, 6.45) is 0.369. The van der Waals surface area contributed by atoms with Gasteiger partial charge in [-0.15, -0.1) is 0 Å². The maximum absolute atomic E-state index is 13.3. The fraction of sp³-hybridized carbons (Fsp3) is 0.100. The molecule has 4 rings (SSSR count). The Kier molecular flexibility index (Phi) is 8.29. The Morgan fingerprint density at radius 3 is 1.76 bits per heavy atom. The van der Waals surface area contributed by atoms with Gasteiger partial charge >= 0.3 is 0 Å². The minimum Gasteiger partial charge on any atom is -0.340 e. The van der Waals surface area contributed by atoms with Crippen molar-refractivity contribution in [3.63, 3.8) is 0 Å². The highest BCUT2D eigenvalue weighted by Crippen LogP contribution is 2.23. The van der Waals surface area contributed by atoms with Crippen molar-refractivity contribution in [3.05, 3.63) is 126 Å². The first-order valence-electron chi connectivity index (χ1n) is 12.0. The number of para-hydroxylation sites is 3. The normalized spacial score (nSPS) is 11.2. The summed E-state index contributed by atoms with van der Waals surface area (Å²) in [5, 5.41) is 7.30. The standard InChI is InChI=1S/C30H28N4O3/c1-2-26(30(37)33-34(23-16-8-4-9-17-23)24-18-10-5-11-19-24)31-29(36)25-20-12-13-21-27(25)32-28(35)22-14-6-3-7-15-22/h3-21,26H,2H2,1H3,(H,31,36)(H,32,35)(H,33,37)/t26-/m1/s1. The van der Waals surface area contributed by atoms with Crippen molar-refractivity contribution < 1.29 is 14.4 Å². The van der Waals surface area contributed by atoms with Gasteiger partial charge in [0.25, 0.3) is 17.7 Å². The predicted molar refractivity (Wildman–Crippen MR) is 146 cm³/mol. The number of benzene rings is 4. The Hall–Kier alpha value is -4.91. The zero-order chi connectivity index (χ0) is 26.0. The molecule has 186 valence electrons. The fourth-order valence-electron chi connectivity index (χ4n) is 3.78. The van der Waals surface area contributed by atoms with Crippen LogP contribution < -0.4 is 21.1 Å². The highest BCUT2D eigenvalue weighted by Gasteiger charge is 2.24. The lowest BCUT2D eigenvalue weighted by molar-refractivity contribution is -0.123. The van der Waals surface area contributed by atoms with E-state index in [9.17, 15) is 14.4 Å². The maximum Gasteiger partial charge on any atom is 0.261 e. The van der Waals surface area contributed by atoms with Gasteiger partial charge in [0.05, 0.1) is 22.6 Å². The van der Waals surface area contributed by atoms with Crippen molar-refractivity contribution in [2.75, 3.05) is 10.3 Å². The molecule has 0 unspecified atom stereocenters. The van der Waals surface area contributed by atoms with Crippen molar-refractivity contribution in [1.29, 1.82) is 0 Å². The molecule has 0 aliphatic carbocycles. The molecular formula is C30H28N4O3. The third-order valence-corrected chi connectivity index (χ3v) is 5.74. The Morgan fingerprint density at radius 2 is 1.19 bits per heavy atom. The van der Waals surface area contributed by atoms with Gasteiger partial charge in [0.2, 0.25) is 0 Å². The molecule has 4 aromatic carbocycles. The van der Waals surface area contributed by atoms with E-state index in [1.807, 2.05) is 73.7 Å². The molecule has 0 bridgehead atoms. The number of hydrogen-bond donors (Lipinski definition) is 3. The lowest BCUT2D eigenvalue weighted by Crippen LogP contribution is -2.51. The van der Waals surface area contributed by atoms with Crippen LogP contribution in [0.1, 0.15) is 34.1 Å². The highest BCUT2D eigenvalue weighted by atomic mass is 16.2. The number of hydrogen-bond acceptors (Lipinski definition) is 4. The number of carbonyl (C=O) groups excluding carboxylic acids is 3. The monoisotopic (exact) mass is 492 g/mol. The van der Waals surface area contributed by atoms with E-state index < -0.39 is 11.9 Å². The van der Waals surface area contributed by atoms with Crippen LogP contribution in [0.15, 0.2) is 115 Å². The van der Waals surface area contributed by atoms with Crippen LogP contribution >= 0.6 is 0 Å². The minimum atomic E-state index is -0.805. The minimum absolute atomic E-state index is 0.265. The number of rotatable bonds is 9. The second kappa shape index (κ2) is 12.2. The lowest BCUT2D eigenvalue weighted by atomic mass is 10.1. The smallest absolute Gasteiger partial charge is 0.261 e. The van der Waals surface area contributed by atoms with E-state index in [4.69, 9.17) is 0 Å². The van der Waals surface area contributed by atoms with Gasteiger partial charge in [0.15, 0.2) is 0 Å². The van der Waals surface area contributed by atoms with Crippen LogP contribution in [0.5, 0.6) is 0 Å². The van der Waals surface area contributed by atoms with E-state index in [0.717, 1.165) is 11.4 Å². The van der Waals surface area contributed by atoms with E-state index >= 15 is 0 Å². The second-order valence-corrected chi connectivity index (χ2v) is 8.28.